The minimum atomic E-state index is -0.481. The molecule has 0 spiro atoms. The van der Waals surface area contributed by atoms with Gasteiger partial charge in [-0.3, -0.25) is 4.79 Å². The predicted molar refractivity (Wildman–Crippen MR) is 94.3 cm³/mol. The summed E-state index contributed by atoms with van der Waals surface area (Å²) in [4.78, 5) is 14.4. The molecule has 0 aliphatic carbocycles. The van der Waals surface area contributed by atoms with Gasteiger partial charge < -0.3 is 14.7 Å². The van der Waals surface area contributed by atoms with Crippen LogP contribution in [0.25, 0.3) is 0 Å². The van der Waals surface area contributed by atoms with Crippen molar-refractivity contribution in [3.63, 3.8) is 0 Å². The average molecular weight is 325 g/mol. The van der Waals surface area contributed by atoms with Gasteiger partial charge in [0.05, 0.1) is 18.4 Å². The number of benzene rings is 2. The largest absolute Gasteiger partial charge is 0.494 e. The zero-order valence-corrected chi connectivity index (χ0v) is 13.9. The molecule has 0 bridgehead atoms. The number of nitrogens with zero attached hydrogens (tertiary/aromatic N) is 1. The number of hydrogen-bond acceptors (Lipinski definition) is 3. The van der Waals surface area contributed by atoms with Crippen molar-refractivity contribution >= 4 is 11.6 Å². The summed E-state index contributed by atoms with van der Waals surface area (Å²) in [7, 11) is 0. The normalized spacial score (nSPS) is 16.6. The molecule has 1 amide bonds. The molecule has 4 heteroatoms. The van der Waals surface area contributed by atoms with Crippen molar-refractivity contribution in [1.82, 2.24) is 0 Å². The summed E-state index contributed by atoms with van der Waals surface area (Å²) in [5, 5.41) is 10.2. The van der Waals surface area contributed by atoms with Gasteiger partial charge in [-0.2, -0.15) is 0 Å². The molecular formula is C20H23NO3. The molecule has 3 rings (SSSR count). The summed E-state index contributed by atoms with van der Waals surface area (Å²) >= 11 is 0. The van der Waals surface area contributed by atoms with Gasteiger partial charge in [0.25, 0.3) is 0 Å². The average Bonchev–Trinajstić information content (AvgIpc) is 2.60. The molecule has 1 aliphatic rings. The number of hydrogen-bond donors (Lipinski definition) is 1. The summed E-state index contributed by atoms with van der Waals surface area (Å²) < 4.78 is 5.64. The Bertz CT molecular complexity index is 699. The Morgan fingerprint density at radius 3 is 2.79 bits per heavy atom. The lowest BCUT2D eigenvalue weighted by Gasteiger charge is -2.33. The summed E-state index contributed by atoms with van der Waals surface area (Å²) in [6.45, 7) is 3.07. The molecule has 1 atom stereocenters. The Labute approximate surface area is 142 Å². The van der Waals surface area contributed by atoms with Crippen molar-refractivity contribution in [3.05, 3.63) is 59.7 Å². The molecule has 0 aromatic heterocycles. The molecule has 0 radical (unpaired) electrons. The molecular weight excluding hydrogens is 302 g/mol. The van der Waals surface area contributed by atoms with Crippen LogP contribution in [0.4, 0.5) is 5.69 Å². The van der Waals surface area contributed by atoms with E-state index in [9.17, 15) is 9.90 Å². The minimum Gasteiger partial charge on any atom is -0.494 e. The first-order chi connectivity index (χ1) is 11.7. The third-order valence-corrected chi connectivity index (χ3v) is 4.37. The maximum Gasteiger partial charge on any atom is 0.227 e. The van der Waals surface area contributed by atoms with E-state index in [-0.39, 0.29) is 5.91 Å². The van der Waals surface area contributed by atoms with E-state index < -0.39 is 6.10 Å². The third-order valence-electron chi connectivity index (χ3n) is 4.37. The Hall–Kier alpha value is -2.33. The minimum absolute atomic E-state index is 0.0918. The Balaban J connectivity index is 1.59. The predicted octanol–water partition coefficient (Wildman–Crippen LogP) is 3.62. The molecule has 126 valence electrons. The molecule has 24 heavy (non-hydrogen) atoms. The van der Waals surface area contributed by atoms with E-state index in [0.717, 1.165) is 22.6 Å². The van der Waals surface area contributed by atoms with Crippen LogP contribution in [0.1, 0.15) is 36.5 Å². The first-order valence-corrected chi connectivity index (χ1v) is 8.42. The topological polar surface area (TPSA) is 49.8 Å². The van der Waals surface area contributed by atoms with E-state index in [1.807, 2.05) is 60.4 Å². The van der Waals surface area contributed by atoms with Crippen LogP contribution < -0.4 is 9.64 Å². The number of para-hydroxylation sites is 2. The van der Waals surface area contributed by atoms with Crippen LogP contribution in [0.3, 0.4) is 0 Å². The number of carbonyl (C=O) groups excluding carboxylic acids is 1. The number of amides is 1. The van der Waals surface area contributed by atoms with E-state index >= 15 is 0 Å². The number of aliphatic hydroxyl groups excluding tert-OH is 1. The number of aliphatic hydroxyl groups is 1. The van der Waals surface area contributed by atoms with Gasteiger partial charge in [0.2, 0.25) is 5.91 Å². The van der Waals surface area contributed by atoms with E-state index in [2.05, 4.69) is 0 Å². The summed E-state index contributed by atoms with van der Waals surface area (Å²) in [6.07, 6.45) is 1.22. The van der Waals surface area contributed by atoms with Gasteiger partial charge >= 0.3 is 0 Å². The number of rotatable bonds is 5. The van der Waals surface area contributed by atoms with E-state index in [0.29, 0.717) is 32.4 Å². The van der Waals surface area contributed by atoms with Gasteiger partial charge in [-0.05, 0) is 37.5 Å². The van der Waals surface area contributed by atoms with Crippen LogP contribution in [0.15, 0.2) is 48.5 Å². The Morgan fingerprint density at radius 2 is 2.00 bits per heavy atom. The number of ether oxygens (including phenoxy) is 1. The van der Waals surface area contributed by atoms with Crippen LogP contribution in [0.5, 0.6) is 5.75 Å². The summed E-state index contributed by atoms with van der Waals surface area (Å²) in [6, 6.07) is 15.4. The summed E-state index contributed by atoms with van der Waals surface area (Å²) in [5.74, 6) is 0.918. The highest BCUT2D eigenvalue weighted by atomic mass is 16.5. The second kappa shape index (κ2) is 7.49. The van der Waals surface area contributed by atoms with Crippen LogP contribution in [-0.4, -0.2) is 24.2 Å². The van der Waals surface area contributed by atoms with E-state index in [1.54, 1.807) is 0 Å². The van der Waals surface area contributed by atoms with Gasteiger partial charge in [-0.25, -0.2) is 0 Å². The van der Waals surface area contributed by atoms with Crippen LogP contribution >= 0.6 is 0 Å². The van der Waals surface area contributed by atoms with Crippen molar-refractivity contribution < 1.29 is 14.6 Å². The quantitative estimate of drug-likeness (QED) is 0.854. The lowest BCUT2D eigenvalue weighted by molar-refractivity contribution is -0.119. The Morgan fingerprint density at radius 1 is 1.21 bits per heavy atom. The third kappa shape index (κ3) is 3.60. The van der Waals surface area contributed by atoms with Gasteiger partial charge in [0.1, 0.15) is 5.75 Å². The molecule has 2 aromatic carbocycles. The van der Waals surface area contributed by atoms with E-state index in [4.69, 9.17) is 4.74 Å². The number of fused-ring (bicyclic) bond motifs is 1. The van der Waals surface area contributed by atoms with Crippen LogP contribution in [-0.2, 0) is 4.79 Å². The van der Waals surface area contributed by atoms with Crippen molar-refractivity contribution in [2.24, 2.45) is 0 Å². The fourth-order valence-corrected chi connectivity index (χ4v) is 3.15. The molecule has 1 aliphatic heterocycles. The van der Waals surface area contributed by atoms with Crippen LogP contribution in [0, 0.1) is 6.92 Å². The highest BCUT2D eigenvalue weighted by molar-refractivity contribution is 5.95. The first-order valence-electron chi connectivity index (χ1n) is 8.42. The van der Waals surface area contributed by atoms with Crippen molar-refractivity contribution in [2.75, 3.05) is 18.1 Å². The molecule has 1 N–H and O–H groups in total. The molecule has 0 saturated carbocycles. The molecule has 0 fully saturated rings. The standard InChI is InChI=1S/C20H23NO3/c1-15-7-5-10-17-18(22)12-13-21(20(15)17)19(23)11-6-14-24-16-8-3-2-4-9-16/h2-5,7-10,18,22H,6,11-14H2,1H3. The van der Waals surface area contributed by atoms with Crippen molar-refractivity contribution in [1.29, 1.82) is 0 Å². The zero-order valence-electron chi connectivity index (χ0n) is 13.9. The zero-order chi connectivity index (χ0) is 16.9. The fourth-order valence-electron chi connectivity index (χ4n) is 3.15. The maximum absolute atomic E-state index is 12.6. The highest BCUT2D eigenvalue weighted by Crippen LogP contribution is 2.36. The number of anilines is 1. The van der Waals surface area contributed by atoms with Gasteiger partial charge in [-0.1, -0.05) is 36.4 Å². The summed E-state index contributed by atoms with van der Waals surface area (Å²) in [5.41, 5.74) is 2.76. The number of aryl methyl sites for hydroxylation is 1. The highest BCUT2D eigenvalue weighted by Gasteiger charge is 2.28. The second-order valence-corrected chi connectivity index (χ2v) is 6.13. The lowest BCUT2D eigenvalue weighted by Crippen LogP contribution is -2.37. The van der Waals surface area contributed by atoms with Crippen molar-refractivity contribution in [3.8, 4) is 5.75 Å². The fraction of sp³-hybridized carbons (Fsp3) is 0.350. The molecule has 4 nitrogen and oxygen atoms in total. The molecule has 1 unspecified atom stereocenters. The van der Waals surface area contributed by atoms with Gasteiger partial charge in [0, 0.05) is 18.5 Å². The monoisotopic (exact) mass is 325 g/mol. The molecule has 2 aromatic rings. The van der Waals surface area contributed by atoms with Crippen LogP contribution in [0.2, 0.25) is 0 Å². The maximum atomic E-state index is 12.6. The number of carbonyl (C=O) groups is 1. The molecule has 1 heterocycles. The Kier molecular flexibility index (Phi) is 5.16. The van der Waals surface area contributed by atoms with Gasteiger partial charge in [-0.15, -0.1) is 0 Å². The smallest absolute Gasteiger partial charge is 0.227 e. The lowest BCUT2D eigenvalue weighted by atomic mass is 9.95. The van der Waals surface area contributed by atoms with Crippen molar-refractivity contribution in [2.45, 2.75) is 32.3 Å². The SMILES string of the molecule is Cc1cccc2c1N(C(=O)CCCOc1ccccc1)CCC2O. The van der Waals surface area contributed by atoms with E-state index in [1.165, 1.54) is 0 Å². The first kappa shape index (κ1) is 16.5. The second-order valence-electron chi connectivity index (χ2n) is 6.13. The molecule has 0 saturated heterocycles. The van der Waals surface area contributed by atoms with Gasteiger partial charge in [0.15, 0.2) is 0 Å².